The molecule has 1 N–H and O–H groups in total. The van der Waals surface area contributed by atoms with E-state index in [-0.39, 0.29) is 11.9 Å². The lowest BCUT2D eigenvalue weighted by atomic mass is 10.1. The maximum Gasteiger partial charge on any atom is 0.305 e. The number of nitrogens with one attached hydrogen (secondary N) is 1. The van der Waals surface area contributed by atoms with Crippen LogP contribution in [0, 0.1) is 6.57 Å². The van der Waals surface area contributed by atoms with Gasteiger partial charge in [0.05, 0.1) is 0 Å². The molecule has 0 atom stereocenters. The minimum absolute atomic E-state index is 0.100. The number of hydrogen-bond acceptors (Lipinski definition) is 1. The van der Waals surface area contributed by atoms with Crippen molar-refractivity contribution in [2.75, 3.05) is 0 Å². The lowest BCUT2D eigenvalue weighted by Gasteiger charge is -2.13. The third-order valence-electron chi connectivity index (χ3n) is 1.25. The van der Waals surface area contributed by atoms with Gasteiger partial charge in [0.1, 0.15) is 0 Å². The summed E-state index contributed by atoms with van der Waals surface area (Å²) in [5, 5.41) is 2.68. The van der Waals surface area contributed by atoms with Crippen LogP contribution in [0.25, 0.3) is 4.85 Å². The fraction of sp³-hybridized carbons (Fsp3) is 0.750. The van der Waals surface area contributed by atoms with Crippen LogP contribution in [0.5, 0.6) is 0 Å². The van der Waals surface area contributed by atoms with Crippen LogP contribution in [-0.2, 0) is 4.79 Å². The van der Waals surface area contributed by atoms with Gasteiger partial charge in [0.2, 0.25) is 0 Å². The second-order valence-electron chi connectivity index (χ2n) is 3.30. The molecule has 0 aliphatic heterocycles. The van der Waals surface area contributed by atoms with E-state index < -0.39 is 5.54 Å². The van der Waals surface area contributed by atoms with Gasteiger partial charge in [-0.2, -0.15) is 0 Å². The molecule has 0 heterocycles. The summed E-state index contributed by atoms with van der Waals surface area (Å²) in [5.41, 5.74) is -0.926. The number of nitrogens with zero attached hydrogens (tertiary/aromatic N) is 1. The molecule has 0 saturated carbocycles. The van der Waals surface area contributed by atoms with Crippen LogP contribution < -0.4 is 5.32 Å². The Labute approximate surface area is 67.6 Å². The summed E-state index contributed by atoms with van der Waals surface area (Å²) in [5.74, 6) is -0.206. The van der Waals surface area contributed by atoms with Gasteiger partial charge in [-0.05, 0) is 13.8 Å². The fourth-order valence-electron chi connectivity index (χ4n) is 0.490. The zero-order valence-electron chi connectivity index (χ0n) is 7.43. The Bertz CT molecular complexity index is 189. The average molecular weight is 154 g/mol. The number of rotatable bonds is 2. The molecule has 0 aliphatic carbocycles. The maximum absolute atomic E-state index is 11.2. The zero-order valence-corrected chi connectivity index (χ0v) is 7.43. The summed E-state index contributed by atoms with van der Waals surface area (Å²) in [4.78, 5) is 14.4. The zero-order chi connectivity index (χ0) is 9.07. The van der Waals surface area contributed by atoms with Crippen molar-refractivity contribution >= 4 is 5.91 Å². The normalized spacial score (nSPS) is 10.9. The van der Waals surface area contributed by atoms with Crippen molar-refractivity contribution in [3.05, 3.63) is 11.4 Å². The van der Waals surface area contributed by atoms with Crippen LogP contribution in [0.15, 0.2) is 0 Å². The van der Waals surface area contributed by atoms with Crippen molar-refractivity contribution in [3.8, 4) is 0 Å². The molecular weight excluding hydrogens is 140 g/mol. The highest BCUT2D eigenvalue weighted by molar-refractivity contribution is 5.87. The molecule has 0 aromatic rings. The van der Waals surface area contributed by atoms with Gasteiger partial charge in [0, 0.05) is 19.9 Å². The van der Waals surface area contributed by atoms with E-state index in [1.54, 1.807) is 13.8 Å². The molecule has 0 unspecified atom stereocenters. The van der Waals surface area contributed by atoms with Gasteiger partial charge in [0.25, 0.3) is 0 Å². The van der Waals surface area contributed by atoms with Gasteiger partial charge < -0.3 is 10.2 Å². The molecule has 0 fully saturated rings. The molecule has 11 heavy (non-hydrogen) atoms. The molecule has 0 bridgehead atoms. The van der Waals surface area contributed by atoms with E-state index in [0.717, 1.165) is 0 Å². The van der Waals surface area contributed by atoms with Gasteiger partial charge in [-0.15, -0.1) is 0 Å². The highest BCUT2D eigenvalue weighted by atomic mass is 16.2. The van der Waals surface area contributed by atoms with Crippen molar-refractivity contribution < 1.29 is 4.79 Å². The smallest absolute Gasteiger partial charge is 0.305 e. The van der Waals surface area contributed by atoms with Crippen molar-refractivity contribution in [1.29, 1.82) is 0 Å². The quantitative estimate of drug-likeness (QED) is 0.596. The van der Waals surface area contributed by atoms with Crippen LogP contribution in [0.4, 0.5) is 0 Å². The minimum atomic E-state index is -0.926. The first-order valence-electron chi connectivity index (χ1n) is 3.59. The summed E-state index contributed by atoms with van der Waals surface area (Å²) < 4.78 is 0. The van der Waals surface area contributed by atoms with Gasteiger partial charge in [-0.3, -0.25) is 4.79 Å². The van der Waals surface area contributed by atoms with E-state index in [4.69, 9.17) is 6.57 Å². The predicted molar refractivity (Wildman–Crippen MR) is 44.0 cm³/mol. The van der Waals surface area contributed by atoms with E-state index in [9.17, 15) is 4.79 Å². The predicted octanol–water partition coefficient (Wildman–Crippen LogP) is 1.21. The van der Waals surface area contributed by atoms with E-state index in [1.807, 2.05) is 13.8 Å². The summed E-state index contributed by atoms with van der Waals surface area (Å²) in [6, 6.07) is 0.100. The first-order valence-corrected chi connectivity index (χ1v) is 3.59. The molecule has 1 amide bonds. The summed E-state index contributed by atoms with van der Waals surface area (Å²) in [7, 11) is 0. The Morgan fingerprint density at radius 2 is 2.00 bits per heavy atom. The number of hydrogen-bond donors (Lipinski definition) is 1. The van der Waals surface area contributed by atoms with E-state index in [1.165, 1.54) is 0 Å². The standard InChI is InChI=1S/C8H14N2O/c1-6(2)10-7(11)8(3,4)9-5/h6H,1-4H3,(H,10,11). The number of amides is 1. The lowest BCUT2D eigenvalue weighted by molar-refractivity contribution is -0.124. The highest BCUT2D eigenvalue weighted by Gasteiger charge is 2.33. The first kappa shape index (κ1) is 9.96. The monoisotopic (exact) mass is 154 g/mol. The first-order chi connectivity index (χ1) is 4.90. The molecule has 0 aliphatic rings. The van der Waals surface area contributed by atoms with Crippen molar-refractivity contribution in [2.45, 2.75) is 39.3 Å². The topological polar surface area (TPSA) is 33.5 Å². The highest BCUT2D eigenvalue weighted by Crippen LogP contribution is 2.08. The largest absolute Gasteiger partial charge is 0.347 e. The van der Waals surface area contributed by atoms with Gasteiger partial charge in [-0.25, -0.2) is 6.57 Å². The van der Waals surface area contributed by atoms with E-state index >= 15 is 0 Å². The van der Waals surface area contributed by atoms with E-state index in [2.05, 4.69) is 10.2 Å². The Balaban J connectivity index is 4.17. The van der Waals surface area contributed by atoms with Crippen molar-refractivity contribution in [2.24, 2.45) is 0 Å². The Hall–Kier alpha value is -1.04. The molecule has 3 nitrogen and oxygen atoms in total. The van der Waals surface area contributed by atoms with E-state index in [0.29, 0.717) is 0 Å². The van der Waals surface area contributed by atoms with Crippen LogP contribution in [-0.4, -0.2) is 17.5 Å². The van der Waals surface area contributed by atoms with Gasteiger partial charge in [0.15, 0.2) is 0 Å². The number of carbonyl (C=O) groups is 1. The molecule has 3 heteroatoms. The van der Waals surface area contributed by atoms with Crippen LogP contribution in [0.2, 0.25) is 0 Å². The summed E-state index contributed by atoms with van der Waals surface area (Å²) in [6.07, 6.45) is 0. The summed E-state index contributed by atoms with van der Waals surface area (Å²) >= 11 is 0. The average Bonchev–Trinajstić information content (AvgIpc) is 1.86. The third kappa shape index (κ3) is 3.03. The fourth-order valence-corrected chi connectivity index (χ4v) is 0.490. The second-order valence-corrected chi connectivity index (χ2v) is 3.30. The molecule has 0 saturated heterocycles. The van der Waals surface area contributed by atoms with Crippen molar-refractivity contribution in [1.82, 2.24) is 5.32 Å². The SMILES string of the molecule is [C-]#[N+]C(C)(C)C(=O)NC(C)C. The Morgan fingerprint density at radius 3 is 2.27 bits per heavy atom. The third-order valence-corrected chi connectivity index (χ3v) is 1.25. The molecule has 0 aromatic heterocycles. The molecule has 0 aromatic carbocycles. The maximum atomic E-state index is 11.2. The molecular formula is C8H14N2O. The van der Waals surface area contributed by atoms with Gasteiger partial charge in [-0.1, -0.05) is 0 Å². The lowest BCUT2D eigenvalue weighted by Crippen LogP contribution is -2.42. The second kappa shape index (κ2) is 3.38. The van der Waals surface area contributed by atoms with Crippen LogP contribution in [0.3, 0.4) is 0 Å². The minimum Gasteiger partial charge on any atom is -0.347 e. The molecule has 0 spiro atoms. The molecule has 62 valence electrons. The Morgan fingerprint density at radius 1 is 1.55 bits per heavy atom. The molecule has 0 rings (SSSR count). The van der Waals surface area contributed by atoms with Crippen LogP contribution >= 0.6 is 0 Å². The Kier molecular flexibility index (Phi) is 3.06. The number of carbonyl (C=O) groups excluding carboxylic acids is 1. The van der Waals surface area contributed by atoms with Gasteiger partial charge >= 0.3 is 11.4 Å². The summed E-state index contributed by atoms with van der Waals surface area (Å²) in [6.45, 7) is 13.7. The van der Waals surface area contributed by atoms with Crippen LogP contribution in [0.1, 0.15) is 27.7 Å². The van der Waals surface area contributed by atoms with Crippen molar-refractivity contribution in [3.63, 3.8) is 0 Å². The molecule has 0 radical (unpaired) electrons.